The predicted octanol–water partition coefficient (Wildman–Crippen LogP) is 8.10. The van der Waals surface area contributed by atoms with Crippen LogP contribution >= 0.6 is 46.4 Å². The topological polar surface area (TPSA) is 160 Å². The van der Waals surface area contributed by atoms with E-state index in [2.05, 4.69) is 20.0 Å². The molecule has 0 amide bonds. The van der Waals surface area contributed by atoms with Gasteiger partial charge in [0.05, 0.1) is 0 Å². The Bertz CT molecular complexity index is 1520. The quantitative estimate of drug-likeness (QED) is 0.0694. The van der Waals surface area contributed by atoms with Gasteiger partial charge in [0.2, 0.25) is 23.8 Å². The number of guanidine groups is 4. The number of nitrogens with zero attached hydrogens (tertiary/aromatic N) is 6. The maximum atomic E-state index is 6.38. The lowest BCUT2D eigenvalue weighted by Gasteiger charge is -2.24. The fraction of sp³-hybridized carbons (Fsp3) is 0.176. The monoisotopic (exact) mass is 724 g/mol. The summed E-state index contributed by atoms with van der Waals surface area (Å²) in [6.07, 6.45) is 3.46. The van der Waals surface area contributed by atoms with Gasteiger partial charge < -0.3 is 22.9 Å². The molecule has 0 aliphatic carbocycles. The standard InChI is InChI=1S/C34H36Cl4N10/c35-23-5-13-27(14-6-23)47(28-15-7-24(36)8-16-28)33(41)45-31(39)43-21-3-1-2-4-22-44-32(40)46-34(42)48(29-17-9-25(37)10-18-29)30-19-11-26(38)12-20-30/h5-20H,1-4,21-22H2,(H4,39,41,43,45)(H4,40,42,44,46). The van der Waals surface area contributed by atoms with Gasteiger partial charge >= 0.3 is 0 Å². The minimum atomic E-state index is 0.0829. The second kappa shape index (κ2) is 18.2. The molecular weight excluding hydrogens is 690 g/mol. The third kappa shape index (κ3) is 11.1. The Morgan fingerprint density at radius 3 is 0.917 bits per heavy atom. The lowest BCUT2D eigenvalue weighted by atomic mass is 10.2. The summed E-state index contributed by atoms with van der Waals surface area (Å²) in [7, 11) is 0. The Kier molecular flexibility index (Phi) is 13.8. The van der Waals surface area contributed by atoms with Crippen molar-refractivity contribution in [2.45, 2.75) is 25.7 Å². The molecule has 0 bridgehead atoms. The molecule has 48 heavy (non-hydrogen) atoms. The highest BCUT2D eigenvalue weighted by atomic mass is 35.5. The molecule has 14 heteroatoms. The molecule has 0 fully saturated rings. The molecule has 0 aromatic heterocycles. The van der Waals surface area contributed by atoms with Crippen LogP contribution in [0.15, 0.2) is 117 Å². The Hall–Kier alpha value is -4.48. The summed E-state index contributed by atoms with van der Waals surface area (Å²) in [6, 6.07) is 28.9. The highest BCUT2D eigenvalue weighted by Crippen LogP contribution is 2.29. The molecule has 0 heterocycles. The van der Waals surface area contributed by atoms with Crippen LogP contribution in [-0.2, 0) is 0 Å². The van der Waals surface area contributed by atoms with Crippen LogP contribution in [0.25, 0.3) is 0 Å². The number of hydrogen-bond donors (Lipinski definition) is 4. The molecular formula is C34H36Cl4N10. The van der Waals surface area contributed by atoms with E-state index in [4.69, 9.17) is 69.3 Å². The summed E-state index contributed by atoms with van der Waals surface area (Å²) in [5.41, 5.74) is 28.0. The van der Waals surface area contributed by atoms with Crippen molar-refractivity contribution in [2.24, 2.45) is 42.9 Å². The van der Waals surface area contributed by atoms with E-state index in [-0.39, 0.29) is 23.8 Å². The minimum Gasteiger partial charge on any atom is -0.369 e. The number of anilines is 4. The molecule has 0 saturated carbocycles. The molecule has 10 nitrogen and oxygen atoms in total. The van der Waals surface area contributed by atoms with Crippen LogP contribution in [0.4, 0.5) is 22.7 Å². The van der Waals surface area contributed by atoms with Gasteiger partial charge in [-0.1, -0.05) is 59.2 Å². The molecule has 0 radical (unpaired) electrons. The number of nitrogens with two attached hydrogens (primary N) is 4. The first-order valence-electron chi connectivity index (χ1n) is 15.0. The lowest BCUT2D eigenvalue weighted by Crippen LogP contribution is -2.35. The van der Waals surface area contributed by atoms with E-state index in [9.17, 15) is 0 Å². The first kappa shape index (κ1) is 36.4. The first-order chi connectivity index (χ1) is 23.1. The van der Waals surface area contributed by atoms with Gasteiger partial charge in [-0.3, -0.25) is 19.8 Å². The summed E-state index contributed by atoms with van der Waals surface area (Å²) in [5.74, 6) is 0.479. The van der Waals surface area contributed by atoms with E-state index in [0.717, 1.165) is 48.4 Å². The van der Waals surface area contributed by atoms with Gasteiger partial charge in [-0.25, -0.2) is 0 Å². The van der Waals surface area contributed by atoms with Gasteiger partial charge in [-0.15, -0.1) is 0 Å². The molecule has 8 N–H and O–H groups in total. The molecule has 0 saturated heterocycles. The van der Waals surface area contributed by atoms with E-state index >= 15 is 0 Å². The number of aliphatic imine (C=N–C) groups is 4. The summed E-state index contributed by atoms with van der Waals surface area (Å²) < 4.78 is 0. The van der Waals surface area contributed by atoms with Crippen molar-refractivity contribution >= 4 is 93.0 Å². The Labute approximate surface area is 300 Å². The van der Waals surface area contributed by atoms with E-state index in [1.54, 1.807) is 58.3 Å². The summed E-state index contributed by atoms with van der Waals surface area (Å²) >= 11 is 24.3. The van der Waals surface area contributed by atoms with E-state index in [0.29, 0.717) is 33.2 Å². The smallest absolute Gasteiger partial charge is 0.218 e. The third-order valence-corrected chi connectivity index (χ3v) is 7.88. The molecule has 4 aromatic rings. The zero-order valence-electron chi connectivity index (χ0n) is 26.0. The van der Waals surface area contributed by atoms with Gasteiger partial charge in [-0.2, -0.15) is 9.98 Å². The molecule has 0 aliphatic heterocycles. The molecule has 250 valence electrons. The van der Waals surface area contributed by atoms with Crippen LogP contribution in [-0.4, -0.2) is 36.9 Å². The zero-order chi connectivity index (χ0) is 34.5. The largest absolute Gasteiger partial charge is 0.369 e. The maximum Gasteiger partial charge on any atom is 0.218 e. The van der Waals surface area contributed by atoms with Crippen molar-refractivity contribution in [1.82, 2.24) is 0 Å². The molecule has 4 aromatic carbocycles. The van der Waals surface area contributed by atoms with Crippen LogP contribution < -0.4 is 32.7 Å². The Morgan fingerprint density at radius 2 is 0.667 bits per heavy atom. The van der Waals surface area contributed by atoms with Gasteiger partial charge in [0, 0.05) is 55.9 Å². The van der Waals surface area contributed by atoms with Crippen molar-refractivity contribution in [1.29, 1.82) is 0 Å². The fourth-order valence-corrected chi connectivity index (χ4v) is 5.06. The van der Waals surface area contributed by atoms with E-state index < -0.39 is 0 Å². The molecule has 0 aliphatic rings. The second-order valence-electron chi connectivity index (χ2n) is 10.4. The number of unbranched alkanes of at least 4 members (excludes halogenated alkanes) is 3. The van der Waals surface area contributed by atoms with E-state index in [1.807, 2.05) is 48.5 Å². The van der Waals surface area contributed by atoms with Crippen LogP contribution in [0, 0.1) is 0 Å². The van der Waals surface area contributed by atoms with Crippen molar-refractivity contribution < 1.29 is 0 Å². The van der Waals surface area contributed by atoms with E-state index in [1.165, 1.54) is 0 Å². The first-order valence-corrected chi connectivity index (χ1v) is 16.5. The van der Waals surface area contributed by atoms with Gasteiger partial charge in [0.15, 0.2) is 0 Å². The fourth-order valence-electron chi connectivity index (χ4n) is 4.56. The average molecular weight is 727 g/mol. The zero-order valence-corrected chi connectivity index (χ0v) is 29.0. The third-order valence-electron chi connectivity index (χ3n) is 6.87. The van der Waals surface area contributed by atoms with Gasteiger partial charge in [0.1, 0.15) is 0 Å². The Balaban J connectivity index is 1.28. The predicted molar refractivity (Wildman–Crippen MR) is 205 cm³/mol. The highest BCUT2D eigenvalue weighted by Gasteiger charge is 2.16. The number of benzene rings is 4. The lowest BCUT2D eigenvalue weighted by molar-refractivity contribution is 0.653. The van der Waals surface area contributed by atoms with Crippen LogP contribution in [0.2, 0.25) is 20.1 Å². The van der Waals surface area contributed by atoms with Gasteiger partial charge in [0.25, 0.3) is 0 Å². The van der Waals surface area contributed by atoms with Crippen LogP contribution in [0.3, 0.4) is 0 Å². The molecule has 0 atom stereocenters. The highest BCUT2D eigenvalue weighted by molar-refractivity contribution is 6.31. The molecule has 0 spiro atoms. The van der Waals surface area contributed by atoms with Crippen LogP contribution in [0.1, 0.15) is 25.7 Å². The number of halogens is 4. The van der Waals surface area contributed by atoms with Crippen molar-refractivity contribution in [3.63, 3.8) is 0 Å². The maximum absolute atomic E-state index is 6.38. The average Bonchev–Trinajstić information content (AvgIpc) is 3.06. The normalized spacial score (nSPS) is 12.7. The summed E-state index contributed by atoms with van der Waals surface area (Å²) in [4.78, 5) is 20.9. The summed E-state index contributed by atoms with van der Waals surface area (Å²) in [5, 5.41) is 2.41. The number of hydrogen-bond acceptors (Lipinski definition) is 2. The van der Waals surface area contributed by atoms with Gasteiger partial charge in [-0.05, 0) is 110 Å². The van der Waals surface area contributed by atoms with Crippen molar-refractivity contribution in [3.8, 4) is 0 Å². The SMILES string of the molecule is NC(=NCCCCCCN=C(N)/N=C(\N)N(c1ccc(Cl)cc1)c1ccc(Cl)cc1)/N=C(\N)N(c1ccc(Cl)cc1)c1ccc(Cl)cc1. The second-order valence-corrected chi connectivity index (χ2v) is 12.2. The minimum absolute atomic E-state index is 0.0829. The van der Waals surface area contributed by atoms with Crippen molar-refractivity contribution in [3.05, 3.63) is 117 Å². The molecule has 4 rings (SSSR count). The summed E-state index contributed by atoms with van der Waals surface area (Å²) in [6.45, 7) is 1.00. The number of rotatable bonds is 11. The van der Waals surface area contributed by atoms with Crippen LogP contribution in [0.5, 0.6) is 0 Å². The van der Waals surface area contributed by atoms with Crippen molar-refractivity contribution in [2.75, 3.05) is 22.9 Å². The molecule has 0 unspecified atom stereocenters. The Morgan fingerprint density at radius 1 is 0.417 bits per heavy atom.